The Morgan fingerprint density at radius 1 is 1.18 bits per heavy atom. The van der Waals surface area contributed by atoms with Crippen molar-refractivity contribution in [3.63, 3.8) is 0 Å². The number of alkyl halides is 1. The normalized spacial score (nSPS) is 11.2. The Morgan fingerprint density at radius 2 is 2.00 bits per heavy atom. The van der Waals surface area contributed by atoms with Gasteiger partial charge in [0.2, 0.25) is 11.7 Å². The highest BCUT2D eigenvalue weighted by Gasteiger charge is 2.21. The second kappa shape index (κ2) is 11.4. The molecule has 0 saturated carbocycles. The van der Waals surface area contributed by atoms with Crippen LogP contribution in [0.4, 0.5) is 15.9 Å². The number of halogens is 2. The molecule has 0 radical (unpaired) electrons. The molecule has 0 unspecified atom stereocenters. The summed E-state index contributed by atoms with van der Waals surface area (Å²) in [5.41, 5.74) is 11.2. The molecule has 3 aromatic heterocycles. The van der Waals surface area contributed by atoms with Crippen LogP contribution in [-0.2, 0) is 0 Å². The molecule has 0 aliphatic rings. The van der Waals surface area contributed by atoms with E-state index in [4.69, 9.17) is 22.1 Å². The summed E-state index contributed by atoms with van der Waals surface area (Å²) in [6, 6.07) is 14.6. The maximum atomic E-state index is 13.4. The van der Waals surface area contributed by atoms with Crippen LogP contribution in [-0.4, -0.2) is 38.0 Å². The smallest absolute Gasteiger partial charge is 0.219 e. The second-order valence-corrected chi connectivity index (χ2v) is 10.3. The van der Waals surface area contributed by atoms with E-state index in [0.717, 1.165) is 27.7 Å². The summed E-state index contributed by atoms with van der Waals surface area (Å²) < 4.78 is 22.9. The van der Waals surface area contributed by atoms with Gasteiger partial charge in [-0.05, 0) is 61.7 Å². The highest BCUT2D eigenvalue weighted by Crippen LogP contribution is 2.31. The van der Waals surface area contributed by atoms with Crippen molar-refractivity contribution >= 4 is 51.7 Å². The van der Waals surface area contributed by atoms with Crippen LogP contribution in [0.15, 0.2) is 60.9 Å². The molecule has 0 saturated heterocycles. The average molecular weight is 565 g/mol. The van der Waals surface area contributed by atoms with Gasteiger partial charge >= 0.3 is 0 Å². The topological polar surface area (TPSA) is 111 Å². The van der Waals surface area contributed by atoms with Gasteiger partial charge in [0.1, 0.15) is 11.6 Å². The number of ketones is 1. The van der Waals surface area contributed by atoms with E-state index in [9.17, 15) is 9.18 Å². The monoisotopic (exact) mass is 564 g/mol. The van der Waals surface area contributed by atoms with Crippen molar-refractivity contribution < 1.29 is 13.9 Å². The number of nitrogens with zero attached hydrogens (tertiary/aromatic N) is 3. The third-order valence-corrected chi connectivity index (χ3v) is 7.33. The highest BCUT2D eigenvalue weighted by molar-refractivity contribution is 8.00. The predicted molar refractivity (Wildman–Crippen MR) is 155 cm³/mol. The fraction of sp³-hybridized carbons (Fsp3) is 0.179. The number of para-hydroxylation sites is 1. The number of nitrogens with two attached hydrogens (primary N) is 1. The van der Waals surface area contributed by atoms with Gasteiger partial charge in [0.15, 0.2) is 0 Å². The molecule has 0 amide bonds. The molecule has 0 aliphatic heterocycles. The Labute approximate surface area is 233 Å². The third kappa shape index (κ3) is 5.57. The summed E-state index contributed by atoms with van der Waals surface area (Å²) in [4.78, 5) is 21.0. The quantitative estimate of drug-likeness (QED) is 0.0947. The number of nitrogens with one attached hydrogen (secondary N) is 2. The Hall–Kier alpha value is -4.02. The van der Waals surface area contributed by atoms with Crippen molar-refractivity contribution in [1.29, 1.82) is 0 Å². The summed E-state index contributed by atoms with van der Waals surface area (Å²) in [6.45, 7) is 3.52. The van der Waals surface area contributed by atoms with Crippen molar-refractivity contribution in [1.82, 2.24) is 19.7 Å². The Kier molecular flexibility index (Phi) is 7.76. The molecule has 3 heterocycles. The van der Waals surface area contributed by atoms with Gasteiger partial charge in [-0.15, -0.1) is 0 Å². The number of ether oxygens (including phenoxy) is 1. The van der Waals surface area contributed by atoms with Gasteiger partial charge in [-0.2, -0.15) is 5.10 Å². The number of rotatable bonds is 10. The highest BCUT2D eigenvalue weighted by atomic mass is 35.5. The maximum Gasteiger partial charge on any atom is 0.219 e. The molecule has 8 nitrogen and oxygen atoms in total. The van der Waals surface area contributed by atoms with E-state index >= 15 is 0 Å². The summed E-state index contributed by atoms with van der Waals surface area (Å²) in [5, 5.41) is 5.75. The molecular weight excluding hydrogens is 539 g/mol. The van der Waals surface area contributed by atoms with Crippen LogP contribution in [0, 0.1) is 13.8 Å². The molecule has 5 aromatic rings. The van der Waals surface area contributed by atoms with E-state index in [1.807, 2.05) is 38.1 Å². The Bertz CT molecular complexity index is 1670. The number of aromatic amines is 1. The summed E-state index contributed by atoms with van der Waals surface area (Å²) >= 11 is 7.64. The number of aromatic nitrogens is 4. The maximum absolute atomic E-state index is 13.4. The van der Waals surface area contributed by atoms with Crippen molar-refractivity contribution in [2.75, 3.05) is 22.9 Å². The van der Waals surface area contributed by atoms with Gasteiger partial charge in [-0.3, -0.25) is 9.18 Å². The Balaban J connectivity index is 1.37. The molecule has 2 aromatic carbocycles. The number of anilines is 2. The summed E-state index contributed by atoms with van der Waals surface area (Å²) in [7, 11) is 0. The average Bonchev–Trinajstić information content (AvgIpc) is 3.50. The number of benzene rings is 2. The zero-order valence-electron chi connectivity index (χ0n) is 21.3. The molecule has 200 valence electrons. The van der Waals surface area contributed by atoms with Gasteiger partial charge < -0.3 is 20.2 Å². The molecule has 0 fully saturated rings. The number of nitrogen functional groups attached to an aromatic ring is 1. The molecule has 0 bridgehead atoms. The van der Waals surface area contributed by atoms with Crippen LogP contribution in [0.2, 0.25) is 5.02 Å². The predicted octanol–water partition coefficient (Wildman–Crippen LogP) is 7.04. The first-order chi connectivity index (χ1) is 18.9. The Morgan fingerprint density at radius 3 is 2.77 bits per heavy atom. The van der Waals surface area contributed by atoms with Gasteiger partial charge in [-0.25, -0.2) is 9.67 Å². The lowest BCUT2D eigenvalue weighted by Gasteiger charge is -2.11. The first-order valence-electron chi connectivity index (χ1n) is 12.2. The first-order valence-corrected chi connectivity index (χ1v) is 13.6. The molecule has 39 heavy (non-hydrogen) atoms. The first kappa shape index (κ1) is 26.6. The van der Waals surface area contributed by atoms with E-state index in [1.165, 1.54) is 22.8 Å². The van der Waals surface area contributed by atoms with Crippen molar-refractivity contribution in [2.24, 2.45) is 0 Å². The van der Waals surface area contributed by atoms with Crippen molar-refractivity contribution in [3.8, 4) is 17.3 Å². The van der Waals surface area contributed by atoms with Crippen LogP contribution in [0.25, 0.3) is 16.6 Å². The van der Waals surface area contributed by atoms with Crippen molar-refractivity contribution in [3.05, 3.63) is 88.3 Å². The van der Waals surface area contributed by atoms with E-state index < -0.39 is 0 Å². The zero-order valence-corrected chi connectivity index (χ0v) is 22.9. The fourth-order valence-corrected chi connectivity index (χ4v) is 5.00. The van der Waals surface area contributed by atoms with Crippen LogP contribution in [0.5, 0.6) is 11.6 Å². The zero-order chi connectivity index (χ0) is 27.5. The van der Waals surface area contributed by atoms with E-state index in [-0.39, 0.29) is 23.8 Å². The number of carbonyl (C=O) groups is 1. The number of hydrogen-bond donors (Lipinski definition) is 3. The third-order valence-electron chi connectivity index (χ3n) is 6.16. The molecule has 0 aliphatic carbocycles. The lowest BCUT2D eigenvalue weighted by Crippen LogP contribution is -2.09. The van der Waals surface area contributed by atoms with Gasteiger partial charge in [0, 0.05) is 28.4 Å². The van der Waals surface area contributed by atoms with Gasteiger partial charge in [0.05, 0.1) is 41.0 Å². The molecular formula is C28H26ClFN6O2S. The van der Waals surface area contributed by atoms with Gasteiger partial charge in [0.25, 0.3) is 0 Å². The number of carbonyl (C=O) groups excluding carboxylic acids is 1. The summed E-state index contributed by atoms with van der Waals surface area (Å²) in [5.74, 6) is 1.46. The number of H-pyrrole nitrogens is 1. The summed E-state index contributed by atoms with van der Waals surface area (Å²) in [6.07, 6.45) is 3.53. The molecule has 5 rings (SSSR count). The van der Waals surface area contributed by atoms with Crippen LogP contribution >= 0.6 is 23.5 Å². The lowest BCUT2D eigenvalue weighted by molar-refractivity contribution is 0.103. The largest absolute Gasteiger partial charge is 0.437 e. The molecule has 0 spiro atoms. The van der Waals surface area contributed by atoms with E-state index in [2.05, 4.69) is 19.8 Å². The van der Waals surface area contributed by atoms with Gasteiger partial charge in [-0.1, -0.05) is 35.7 Å². The number of pyridine rings is 1. The van der Waals surface area contributed by atoms with Crippen LogP contribution < -0.4 is 15.2 Å². The van der Waals surface area contributed by atoms with Crippen LogP contribution in [0.3, 0.4) is 0 Å². The number of fused-ring (bicyclic) bond motifs is 1. The lowest BCUT2D eigenvalue weighted by atomic mass is 10.1. The van der Waals surface area contributed by atoms with E-state index in [0.29, 0.717) is 40.2 Å². The molecule has 0 atom stereocenters. The number of aryl methyl sites for hydroxylation is 2. The minimum absolute atomic E-state index is 0.200. The number of hydrogen-bond acceptors (Lipinski definition) is 7. The fourth-order valence-electron chi connectivity index (χ4n) is 4.09. The van der Waals surface area contributed by atoms with Crippen molar-refractivity contribution in [2.45, 2.75) is 20.3 Å². The minimum atomic E-state index is -0.339. The van der Waals surface area contributed by atoms with E-state index in [1.54, 1.807) is 30.5 Å². The van der Waals surface area contributed by atoms with Crippen LogP contribution in [0.1, 0.15) is 33.6 Å². The minimum Gasteiger partial charge on any atom is -0.437 e. The second-order valence-electron chi connectivity index (χ2n) is 8.96. The molecule has 4 N–H and O–H groups in total. The SMILES string of the molecule is Cc1cc2cc(C(=O)c3cnn(-c4cnc(Oc5ccccc5Cl)cc4C)c3N)[nH]c2cc1NSCCCF. The standard InChI is InChI=1S/C28H26ClFN6O2S/c1-16-10-18-12-23(34-22(18)13-21(16)35-39-9-5-8-30)27(37)19-14-33-36(28(19)31)24-15-32-26(11-17(24)2)38-25-7-4-3-6-20(25)29/h3-4,6-7,10-15,34-35H,5,8-9,31H2,1-2H3. The molecule has 11 heteroatoms.